The van der Waals surface area contributed by atoms with Gasteiger partial charge in [0.15, 0.2) is 0 Å². The lowest BCUT2D eigenvalue weighted by atomic mass is 10.1. The number of hydrogen-bond donors (Lipinski definition) is 1. The molecule has 0 saturated carbocycles. The predicted molar refractivity (Wildman–Crippen MR) is 116 cm³/mol. The van der Waals surface area contributed by atoms with E-state index in [1.165, 1.54) is 24.2 Å². The van der Waals surface area contributed by atoms with Gasteiger partial charge in [-0.3, -0.25) is 4.79 Å². The third-order valence-electron chi connectivity index (χ3n) is 4.95. The number of benzene rings is 2. The molecule has 0 aliphatic carbocycles. The summed E-state index contributed by atoms with van der Waals surface area (Å²) in [5.41, 5.74) is 2.85. The number of hydrogen-bond acceptors (Lipinski definition) is 2. The number of aromatic nitrogens is 2. The maximum absolute atomic E-state index is 12.2. The van der Waals surface area contributed by atoms with Gasteiger partial charge in [0, 0.05) is 19.5 Å². The number of imidazole rings is 1. The van der Waals surface area contributed by atoms with E-state index < -0.39 is 0 Å². The topological polar surface area (TPSA) is 46.9 Å². The molecule has 148 valence electrons. The number of carbonyl (C=O) groups is 1. The summed E-state index contributed by atoms with van der Waals surface area (Å²) in [6.07, 6.45) is 6.39. The molecule has 0 aliphatic rings. The van der Waals surface area contributed by atoms with E-state index in [9.17, 15) is 4.79 Å². The molecule has 0 fully saturated rings. The Morgan fingerprint density at radius 3 is 2.64 bits per heavy atom. The van der Waals surface area contributed by atoms with Crippen LogP contribution in [0, 0.1) is 0 Å². The van der Waals surface area contributed by atoms with Gasteiger partial charge in [-0.15, -0.1) is 0 Å². The number of rotatable bonds is 10. The Morgan fingerprint density at radius 1 is 1.04 bits per heavy atom. The van der Waals surface area contributed by atoms with Crippen molar-refractivity contribution < 1.29 is 4.79 Å². The Hall–Kier alpha value is -2.33. The van der Waals surface area contributed by atoms with E-state index in [-0.39, 0.29) is 5.91 Å². The predicted octanol–water partition coefficient (Wildman–Crippen LogP) is 5.63. The standard InChI is InChI=1S/C23H28ClN3O/c1-2-3-17-27-21-14-9-8-13-20(21)26-22(27)15-5-4-10-16-25-23(28)18-11-6-7-12-19(18)24/h6-9,11-14H,2-5,10,15-17H2,1H3,(H,25,28). The largest absolute Gasteiger partial charge is 0.352 e. The number of fused-ring (bicyclic) bond motifs is 1. The number of halogens is 1. The van der Waals surface area contributed by atoms with Gasteiger partial charge >= 0.3 is 0 Å². The molecule has 0 aliphatic heterocycles. The monoisotopic (exact) mass is 397 g/mol. The van der Waals surface area contributed by atoms with Crippen LogP contribution < -0.4 is 5.32 Å². The Bertz CT molecular complexity index is 919. The van der Waals surface area contributed by atoms with Crippen LogP contribution in [0.2, 0.25) is 5.02 Å². The molecule has 0 radical (unpaired) electrons. The summed E-state index contributed by atoms with van der Waals surface area (Å²) in [6, 6.07) is 15.5. The molecule has 1 N–H and O–H groups in total. The number of amides is 1. The maximum Gasteiger partial charge on any atom is 0.252 e. The second kappa shape index (κ2) is 10.3. The number of aryl methyl sites for hydroxylation is 2. The lowest BCUT2D eigenvalue weighted by Gasteiger charge is -2.09. The number of nitrogens with zero attached hydrogens (tertiary/aromatic N) is 2. The van der Waals surface area contributed by atoms with Gasteiger partial charge in [0.25, 0.3) is 5.91 Å². The Balaban J connectivity index is 1.46. The first-order valence-corrected chi connectivity index (χ1v) is 10.6. The molecule has 0 spiro atoms. The summed E-state index contributed by atoms with van der Waals surface area (Å²) in [5.74, 6) is 1.07. The summed E-state index contributed by atoms with van der Waals surface area (Å²) in [5, 5.41) is 3.45. The van der Waals surface area contributed by atoms with Crippen LogP contribution in [0.1, 0.15) is 55.2 Å². The van der Waals surface area contributed by atoms with Crippen LogP contribution in [-0.2, 0) is 13.0 Å². The Kier molecular flexibility index (Phi) is 7.49. The molecular weight excluding hydrogens is 370 g/mol. The fraction of sp³-hybridized carbons (Fsp3) is 0.391. The van der Waals surface area contributed by atoms with Crippen molar-refractivity contribution >= 4 is 28.5 Å². The summed E-state index contributed by atoms with van der Waals surface area (Å²) < 4.78 is 2.37. The van der Waals surface area contributed by atoms with E-state index in [4.69, 9.17) is 16.6 Å². The van der Waals surface area contributed by atoms with Crippen LogP contribution in [0.15, 0.2) is 48.5 Å². The van der Waals surface area contributed by atoms with Crippen molar-refractivity contribution in [2.24, 2.45) is 0 Å². The molecule has 28 heavy (non-hydrogen) atoms. The van der Waals surface area contributed by atoms with Gasteiger partial charge in [-0.2, -0.15) is 0 Å². The van der Waals surface area contributed by atoms with E-state index >= 15 is 0 Å². The van der Waals surface area contributed by atoms with Crippen molar-refractivity contribution in [2.45, 2.75) is 52.0 Å². The van der Waals surface area contributed by atoms with Crippen molar-refractivity contribution in [1.82, 2.24) is 14.9 Å². The number of carbonyl (C=O) groups excluding carboxylic acids is 1. The van der Waals surface area contributed by atoms with Gasteiger partial charge in [-0.25, -0.2) is 4.98 Å². The molecule has 2 aromatic carbocycles. The van der Waals surface area contributed by atoms with Crippen molar-refractivity contribution in [3.63, 3.8) is 0 Å². The molecule has 0 saturated heterocycles. The first-order valence-electron chi connectivity index (χ1n) is 10.2. The lowest BCUT2D eigenvalue weighted by Crippen LogP contribution is -2.24. The van der Waals surface area contributed by atoms with E-state index in [0.29, 0.717) is 17.1 Å². The van der Waals surface area contributed by atoms with E-state index in [1.54, 1.807) is 12.1 Å². The molecule has 1 amide bonds. The summed E-state index contributed by atoms with van der Waals surface area (Å²) in [4.78, 5) is 17.0. The quantitative estimate of drug-likeness (QED) is 0.450. The molecular formula is C23H28ClN3O. The average Bonchev–Trinajstić information content (AvgIpc) is 3.06. The van der Waals surface area contributed by atoms with Crippen LogP contribution in [-0.4, -0.2) is 22.0 Å². The van der Waals surface area contributed by atoms with Gasteiger partial charge < -0.3 is 9.88 Å². The van der Waals surface area contributed by atoms with E-state index in [1.807, 2.05) is 18.2 Å². The highest BCUT2D eigenvalue weighted by Gasteiger charge is 2.10. The molecule has 0 unspecified atom stereocenters. The zero-order valence-corrected chi connectivity index (χ0v) is 17.2. The smallest absolute Gasteiger partial charge is 0.252 e. The van der Waals surface area contributed by atoms with Crippen molar-refractivity contribution in [2.75, 3.05) is 6.54 Å². The second-order valence-electron chi connectivity index (χ2n) is 7.07. The first-order chi connectivity index (χ1) is 13.7. The third kappa shape index (κ3) is 5.14. The normalized spacial score (nSPS) is 11.1. The molecule has 0 atom stereocenters. The van der Waals surface area contributed by atoms with Crippen LogP contribution in [0.3, 0.4) is 0 Å². The molecule has 0 bridgehead atoms. The van der Waals surface area contributed by atoms with Crippen LogP contribution >= 0.6 is 11.6 Å². The number of para-hydroxylation sites is 2. The molecule has 1 aromatic heterocycles. The fourth-order valence-electron chi connectivity index (χ4n) is 3.41. The van der Waals surface area contributed by atoms with Gasteiger partial charge in [0.2, 0.25) is 0 Å². The highest BCUT2D eigenvalue weighted by Crippen LogP contribution is 2.19. The summed E-state index contributed by atoms with van der Waals surface area (Å²) in [7, 11) is 0. The minimum atomic E-state index is -0.105. The van der Waals surface area contributed by atoms with Crippen molar-refractivity contribution in [3.8, 4) is 0 Å². The summed E-state index contributed by atoms with van der Waals surface area (Å²) in [6.45, 7) is 3.91. The SMILES string of the molecule is CCCCn1c(CCCCCNC(=O)c2ccccc2Cl)nc2ccccc21. The summed E-state index contributed by atoms with van der Waals surface area (Å²) >= 11 is 6.06. The third-order valence-corrected chi connectivity index (χ3v) is 5.28. The van der Waals surface area contributed by atoms with Gasteiger partial charge in [0.1, 0.15) is 5.82 Å². The highest BCUT2D eigenvalue weighted by atomic mass is 35.5. The Morgan fingerprint density at radius 2 is 1.82 bits per heavy atom. The minimum Gasteiger partial charge on any atom is -0.352 e. The van der Waals surface area contributed by atoms with Crippen molar-refractivity contribution in [3.05, 3.63) is 64.9 Å². The molecule has 3 aromatic rings. The second-order valence-corrected chi connectivity index (χ2v) is 7.48. The van der Waals surface area contributed by atoms with E-state index in [2.05, 4.69) is 35.0 Å². The highest BCUT2D eigenvalue weighted by molar-refractivity contribution is 6.33. The van der Waals surface area contributed by atoms with Gasteiger partial charge in [-0.05, 0) is 43.5 Å². The van der Waals surface area contributed by atoms with Crippen molar-refractivity contribution in [1.29, 1.82) is 0 Å². The molecule has 5 heteroatoms. The molecule has 4 nitrogen and oxygen atoms in total. The zero-order chi connectivity index (χ0) is 19.8. The first kappa shape index (κ1) is 20.4. The maximum atomic E-state index is 12.2. The average molecular weight is 398 g/mol. The van der Waals surface area contributed by atoms with Gasteiger partial charge in [0.05, 0.1) is 21.6 Å². The fourth-order valence-corrected chi connectivity index (χ4v) is 3.63. The zero-order valence-electron chi connectivity index (χ0n) is 16.5. The van der Waals surface area contributed by atoms with Crippen LogP contribution in [0.5, 0.6) is 0 Å². The van der Waals surface area contributed by atoms with Gasteiger partial charge in [-0.1, -0.05) is 55.6 Å². The number of unbranched alkanes of at least 4 members (excludes halogenated alkanes) is 3. The van der Waals surface area contributed by atoms with E-state index in [0.717, 1.165) is 37.7 Å². The Labute approximate surface area is 171 Å². The minimum absolute atomic E-state index is 0.105. The lowest BCUT2D eigenvalue weighted by molar-refractivity contribution is 0.0953. The number of nitrogens with one attached hydrogen (secondary N) is 1. The van der Waals surface area contributed by atoms with Crippen LogP contribution in [0.25, 0.3) is 11.0 Å². The molecule has 1 heterocycles. The van der Waals surface area contributed by atoms with Crippen LogP contribution in [0.4, 0.5) is 0 Å². The molecule has 3 rings (SSSR count).